The fraction of sp³-hybridized carbons (Fsp3) is 0.350. The van der Waals surface area contributed by atoms with Gasteiger partial charge in [-0.25, -0.2) is 0 Å². The number of carbonyl (C=O) groups excluding carboxylic acids is 3. The van der Waals surface area contributed by atoms with E-state index in [2.05, 4.69) is 5.32 Å². The number of anilines is 2. The molecule has 2 aromatic rings. The number of hydrogen-bond acceptors (Lipinski definition) is 6. The monoisotopic (exact) mass is 415 g/mol. The van der Waals surface area contributed by atoms with Crippen molar-refractivity contribution in [3.63, 3.8) is 0 Å². The van der Waals surface area contributed by atoms with Gasteiger partial charge >= 0.3 is 0 Å². The molecule has 0 bridgehead atoms. The number of benzene rings is 1. The average Bonchev–Trinajstić information content (AvgIpc) is 3.21. The largest absolute Gasteiger partial charge is 0.486 e. The van der Waals surface area contributed by atoms with Crippen LogP contribution in [-0.4, -0.2) is 37.5 Å². The van der Waals surface area contributed by atoms with Crippen LogP contribution in [0.1, 0.15) is 27.2 Å². The maximum Gasteiger partial charge on any atom is 0.251 e. The van der Waals surface area contributed by atoms with Crippen molar-refractivity contribution in [3.8, 4) is 11.5 Å². The molecule has 1 atom stereocenters. The lowest BCUT2D eigenvalue weighted by atomic mass is 10.1. The second-order valence-electron chi connectivity index (χ2n) is 7.07. The second-order valence-corrected chi connectivity index (χ2v) is 8.30. The van der Waals surface area contributed by atoms with Gasteiger partial charge in [0.25, 0.3) is 5.91 Å². The maximum atomic E-state index is 12.8. The second kappa shape index (κ2) is 7.40. The Balaban J connectivity index is 1.50. The van der Waals surface area contributed by atoms with Gasteiger partial charge in [-0.05, 0) is 31.5 Å². The topological polar surface area (TPSA) is 111 Å². The van der Waals surface area contributed by atoms with E-state index in [0.29, 0.717) is 41.0 Å². The number of nitrogens with two attached hydrogens (primary N) is 1. The molecule has 2 aliphatic rings. The molecule has 1 fully saturated rings. The summed E-state index contributed by atoms with van der Waals surface area (Å²) < 4.78 is 11.1. The zero-order valence-corrected chi connectivity index (χ0v) is 16.9. The third-order valence-corrected chi connectivity index (χ3v) is 6.32. The Morgan fingerprint density at radius 3 is 2.66 bits per heavy atom. The summed E-state index contributed by atoms with van der Waals surface area (Å²) in [7, 11) is 0. The van der Waals surface area contributed by atoms with Crippen molar-refractivity contribution in [1.29, 1.82) is 0 Å². The molecule has 2 aliphatic heterocycles. The molecule has 0 saturated carbocycles. The molecule has 29 heavy (non-hydrogen) atoms. The van der Waals surface area contributed by atoms with E-state index in [9.17, 15) is 14.4 Å². The van der Waals surface area contributed by atoms with Gasteiger partial charge in [-0.3, -0.25) is 14.4 Å². The van der Waals surface area contributed by atoms with Crippen molar-refractivity contribution >= 4 is 39.7 Å². The van der Waals surface area contributed by atoms with E-state index in [0.717, 1.165) is 10.4 Å². The number of nitrogens with zero attached hydrogens (tertiary/aromatic N) is 1. The number of hydrogen-bond donors (Lipinski definition) is 2. The highest BCUT2D eigenvalue weighted by Crippen LogP contribution is 2.37. The molecule has 1 saturated heterocycles. The van der Waals surface area contributed by atoms with Crippen molar-refractivity contribution in [3.05, 3.63) is 34.2 Å². The Bertz CT molecular complexity index is 1020. The van der Waals surface area contributed by atoms with Gasteiger partial charge in [0, 0.05) is 29.6 Å². The first-order valence-electron chi connectivity index (χ1n) is 9.26. The van der Waals surface area contributed by atoms with Crippen molar-refractivity contribution in [2.24, 2.45) is 11.7 Å². The van der Waals surface area contributed by atoms with Crippen LogP contribution in [0.4, 0.5) is 10.7 Å². The van der Waals surface area contributed by atoms with E-state index in [-0.39, 0.29) is 24.8 Å². The lowest BCUT2D eigenvalue weighted by Crippen LogP contribution is -2.28. The Kier molecular flexibility index (Phi) is 4.91. The normalized spacial score (nSPS) is 18.1. The van der Waals surface area contributed by atoms with Crippen LogP contribution in [0.2, 0.25) is 0 Å². The lowest BCUT2D eigenvalue weighted by molar-refractivity contribution is -0.122. The molecule has 0 spiro atoms. The minimum Gasteiger partial charge on any atom is -0.486 e. The molecule has 1 aromatic carbocycles. The van der Waals surface area contributed by atoms with E-state index in [1.54, 1.807) is 30.0 Å². The standard InChI is InChI=1S/C20H21N3O5S/c1-10-11(2)29-20(17(10)18(21)25)22-19(26)12-7-16(24)23(9-12)13-3-4-14-15(8-13)28-6-5-27-14/h3-4,8,12H,5-7,9H2,1-2H3,(H2,21,25)(H,22,26). The predicted molar refractivity (Wildman–Crippen MR) is 109 cm³/mol. The fourth-order valence-corrected chi connectivity index (χ4v) is 4.63. The summed E-state index contributed by atoms with van der Waals surface area (Å²) in [5.41, 5.74) is 7.22. The highest BCUT2D eigenvalue weighted by Gasteiger charge is 2.36. The van der Waals surface area contributed by atoms with E-state index in [1.165, 1.54) is 11.3 Å². The summed E-state index contributed by atoms with van der Waals surface area (Å²) in [4.78, 5) is 39.6. The van der Waals surface area contributed by atoms with Crippen LogP contribution < -0.4 is 25.4 Å². The summed E-state index contributed by atoms with van der Waals surface area (Å²) in [5, 5.41) is 3.23. The first-order valence-corrected chi connectivity index (χ1v) is 10.1. The predicted octanol–water partition coefficient (Wildman–Crippen LogP) is 2.23. The molecule has 1 unspecified atom stereocenters. The quantitative estimate of drug-likeness (QED) is 0.796. The third kappa shape index (κ3) is 3.53. The van der Waals surface area contributed by atoms with Gasteiger partial charge in [0.1, 0.15) is 18.2 Å². The van der Waals surface area contributed by atoms with E-state index in [1.807, 2.05) is 6.92 Å². The number of nitrogens with one attached hydrogen (secondary N) is 1. The third-order valence-electron chi connectivity index (χ3n) is 5.20. The van der Waals surface area contributed by atoms with Crippen molar-refractivity contribution in [2.45, 2.75) is 20.3 Å². The number of amides is 3. The fourth-order valence-electron chi connectivity index (χ4n) is 3.56. The zero-order chi connectivity index (χ0) is 20.7. The van der Waals surface area contributed by atoms with Crippen LogP contribution >= 0.6 is 11.3 Å². The van der Waals surface area contributed by atoms with E-state index >= 15 is 0 Å². The van der Waals surface area contributed by atoms with E-state index < -0.39 is 11.8 Å². The Morgan fingerprint density at radius 2 is 1.93 bits per heavy atom. The molecule has 4 rings (SSSR count). The molecule has 3 N–H and O–H groups in total. The number of rotatable bonds is 4. The van der Waals surface area contributed by atoms with Crippen molar-refractivity contribution in [2.75, 3.05) is 30.0 Å². The minimum absolute atomic E-state index is 0.0928. The van der Waals surface area contributed by atoms with Crippen LogP contribution in [-0.2, 0) is 9.59 Å². The number of primary amides is 1. The number of carbonyl (C=O) groups is 3. The lowest BCUT2D eigenvalue weighted by Gasteiger charge is -2.22. The van der Waals surface area contributed by atoms with Gasteiger partial charge in [0.2, 0.25) is 11.8 Å². The molecule has 8 nitrogen and oxygen atoms in total. The molecule has 0 radical (unpaired) electrons. The van der Waals surface area contributed by atoms with Crippen molar-refractivity contribution in [1.82, 2.24) is 0 Å². The summed E-state index contributed by atoms with van der Waals surface area (Å²) >= 11 is 1.31. The van der Waals surface area contributed by atoms with E-state index in [4.69, 9.17) is 15.2 Å². The highest BCUT2D eigenvalue weighted by atomic mass is 32.1. The summed E-state index contributed by atoms with van der Waals surface area (Å²) in [5.74, 6) is -0.326. The van der Waals surface area contributed by atoms with Gasteiger partial charge in [0.15, 0.2) is 11.5 Å². The number of ether oxygens (including phenoxy) is 2. The van der Waals surface area contributed by atoms with Gasteiger partial charge in [-0.2, -0.15) is 0 Å². The molecule has 1 aromatic heterocycles. The Hall–Kier alpha value is -3.07. The van der Waals surface area contributed by atoms with Crippen molar-refractivity contribution < 1.29 is 23.9 Å². The smallest absolute Gasteiger partial charge is 0.251 e. The Morgan fingerprint density at radius 1 is 1.21 bits per heavy atom. The molecular weight excluding hydrogens is 394 g/mol. The minimum atomic E-state index is -0.581. The first kappa shape index (κ1) is 19.3. The van der Waals surface area contributed by atoms with Crippen LogP contribution in [0.3, 0.4) is 0 Å². The average molecular weight is 415 g/mol. The first-order chi connectivity index (χ1) is 13.8. The number of aryl methyl sites for hydroxylation is 1. The summed E-state index contributed by atoms with van der Waals surface area (Å²) in [6.45, 7) is 4.86. The van der Waals surface area contributed by atoms with Crippen LogP contribution in [0.25, 0.3) is 0 Å². The zero-order valence-electron chi connectivity index (χ0n) is 16.1. The molecular formula is C20H21N3O5S. The SMILES string of the molecule is Cc1sc(NC(=O)C2CC(=O)N(c3ccc4c(c3)OCCO4)C2)c(C(N)=O)c1C. The molecule has 0 aliphatic carbocycles. The molecule has 3 amide bonds. The molecule has 9 heteroatoms. The van der Waals surface area contributed by atoms with Gasteiger partial charge in [-0.15, -0.1) is 11.3 Å². The highest BCUT2D eigenvalue weighted by molar-refractivity contribution is 7.16. The number of thiophene rings is 1. The Labute approximate surface area is 171 Å². The van der Waals surface area contributed by atoms with Gasteiger partial charge < -0.3 is 25.4 Å². The number of fused-ring (bicyclic) bond motifs is 1. The maximum absolute atomic E-state index is 12.8. The summed E-state index contributed by atoms with van der Waals surface area (Å²) in [6.07, 6.45) is 0.0928. The van der Waals surface area contributed by atoms with Gasteiger partial charge in [-0.1, -0.05) is 0 Å². The van der Waals surface area contributed by atoms with Crippen LogP contribution in [0.15, 0.2) is 18.2 Å². The van der Waals surface area contributed by atoms with Crippen LogP contribution in [0, 0.1) is 19.8 Å². The molecule has 3 heterocycles. The van der Waals surface area contributed by atoms with Crippen LogP contribution in [0.5, 0.6) is 11.5 Å². The van der Waals surface area contributed by atoms with Gasteiger partial charge in [0.05, 0.1) is 11.5 Å². The molecule has 152 valence electrons. The summed E-state index contributed by atoms with van der Waals surface area (Å²) in [6, 6.07) is 5.30.